The van der Waals surface area contributed by atoms with Crippen molar-refractivity contribution in [3.8, 4) is 0 Å². The third-order valence-corrected chi connectivity index (χ3v) is 3.82. The maximum atomic E-state index is 12.6. The third-order valence-electron chi connectivity index (χ3n) is 3.82. The lowest BCUT2D eigenvalue weighted by atomic mass is 10.0. The molecule has 2 fully saturated rings. The summed E-state index contributed by atoms with van der Waals surface area (Å²) in [5.41, 5.74) is -1.49. The van der Waals surface area contributed by atoms with Crippen LogP contribution in [0.1, 0.15) is 54.4 Å². The Morgan fingerprint density at radius 1 is 1.27 bits per heavy atom. The molecule has 6 nitrogen and oxygen atoms in total. The summed E-state index contributed by atoms with van der Waals surface area (Å²) in [7, 11) is 0. The first-order chi connectivity index (χ1) is 10.1. The van der Waals surface area contributed by atoms with E-state index >= 15 is 0 Å². The molecule has 2 atom stereocenters. The fraction of sp³-hybridized carbons (Fsp3) is 0.875. The number of amides is 1. The molecule has 126 valence electrons. The van der Waals surface area contributed by atoms with E-state index in [9.17, 15) is 9.59 Å². The van der Waals surface area contributed by atoms with Gasteiger partial charge >= 0.3 is 12.1 Å². The Morgan fingerprint density at radius 2 is 1.86 bits per heavy atom. The molecule has 0 aromatic carbocycles. The molecule has 0 N–H and O–H groups in total. The molecule has 1 aliphatic carbocycles. The number of esters is 1. The van der Waals surface area contributed by atoms with Crippen LogP contribution in [-0.4, -0.2) is 47.0 Å². The fourth-order valence-corrected chi connectivity index (χ4v) is 2.89. The molecule has 22 heavy (non-hydrogen) atoms. The molecule has 1 aliphatic heterocycles. The van der Waals surface area contributed by atoms with Crippen LogP contribution in [0.2, 0.25) is 0 Å². The molecule has 0 radical (unpaired) electrons. The molecule has 0 aromatic rings. The lowest BCUT2D eigenvalue weighted by Crippen LogP contribution is -2.51. The lowest BCUT2D eigenvalue weighted by Gasteiger charge is -2.35. The highest BCUT2D eigenvalue weighted by Crippen LogP contribution is 2.46. The number of hydrogen-bond acceptors (Lipinski definition) is 5. The second-order valence-corrected chi connectivity index (χ2v) is 7.42. The van der Waals surface area contributed by atoms with Crippen molar-refractivity contribution >= 4 is 12.1 Å². The maximum absolute atomic E-state index is 12.6. The topological polar surface area (TPSA) is 65.1 Å². The first kappa shape index (κ1) is 17.1. The number of carbonyl (C=O) groups excluding carboxylic acids is 2. The maximum Gasteiger partial charge on any atom is 0.412 e. The van der Waals surface area contributed by atoms with E-state index in [-0.39, 0.29) is 12.0 Å². The van der Waals surface area contributed by atoms with Crippen molar-refractivity contribution in [1.82, 2.24) is 4.90 Å². The molecule has 0 aromatic heterocycles. The van der Waals surface area contributed by atoms with Crippen LogP contribution < -0.4 is 0 Å². The number of rotatable bonds is 3. The van der Waals surface area contributed by atoms with Crippen LogP contribution >= 0.6 is 0 Å². The number of carbonyl (C=O) groups is 2. The van der Waals surface area contributed by atoms with Gasteiger partial charge in [-0.3, -0.25) is 4.90 Å². The molecule has 2 rings (SSSR count). The Bertz CT molecular complexity index is 450. The summed E-state index contributed by atoms with van der Waals surface area (Å²) < 4.78 is 16.5. The number of nitrogens with zero attached hydrogens (tertiary/aromatic N) is 1. The summed E-state index contributed by atoms with van der Waals surface area (Å²) in [6, 6.07) is -0.316. The van der Waals surface area contributed by atoms with E-state index in [0.29, 0.717) is 6.61 Å². The minimum absolute atomic E-state index is 0.267. The van der Waals surface area contributed by atoms with Gasteiger partial charge in [-0.15, -0.1) is 0 Å². The van der Waals surface area contributed by atoms with Crippen LogP contribution in [0.3, 0.4) is 0 Å². The zero-order valence-corrected chi connectivity index (χ0v) is 14.3. The molecule has 1 saturated heterocycles. The largest absolute Gasteiger partial charge is 0.464 e. The van der Waals surface area contributed by atoms with Crippen molar-refractivity contribution in [1.29, 1.82) is 0 Å². The second kappa shape index (κ2) is 5.72. The van der Waals surface area contributed by atoms with Crippen LogP contribution in [-0.2, 0) is 19.0 Å². The first-order valence-corrected chi connectivity index (χ1v) is 7.93. The van der Waals surface area contributed by atoms with Gasteiger partial charge in [0.1, 0.15) is 11.3 Å². The number of ether oxygens (including phenoxy) is 3. The summed E-state index contributed by atoms with van der Waals surface area (Å²) in [6.07, 6.45) is 0.787. The lowest BCUT2D eigenvalue weighted by molar-refractivity contribution is -0.161. The average Bonchev–Trinajstić information content (AvgIpc) is 3.11. The Balaban J connectivity index is 2.25. The average molecular weight is 313 g/mol. The predicted molar refractivity (Wildman–Crippen MR) is 80.2 cm³/mol. The van der Waals surface area contributed by atoms with Gasteiger partial charge in [0.05, 0.1) is 12.6 Å². The minimum Gasteiger partial charge on any atom is -0.464 e. The van der Waals surface area contributed by atoms with Crippen molar-refractivity contribution in [2.75, 3.05) is 6.61 Å². The molecule has 6 heteroatoms. The van der Waals surface area contributed by atoms with Crippen LogP contribution in [0.25, 0.3) is 0 Å². The van der Waals surface area contributed by atoms with Crippen LogP contribution in [0.15, 0.2) is 0 Å². The highest BCUT2D eigenvalue weighted by Gasteiger charge is 2.58. The Morgan fingerprint density at radius 3 is 2.32 bits per heavy atom. The molecule has 1 saturated carbocycles. The van der Waals surface area contributed by atoms with Gasteiger partial charge in [0.2, 0.25) is 0 Å². The van der Waals surface area contributed by atoms with Gasteiger partial charge in [-0.2, -0.15) is 0 Å². The van der Waals surface area contributed by atoms with Gasteiger partial charge in [-0.05, 0) is 60.3 Å². The zero-order valence-electron chi connectivity index (χ0n) is 14.3. The van der Waals surface area contributed by atoms with Crippen molar-refractivity contribution in [3.05, 3.63) is 0 Å². The summed E-state index contributed by atoms with van der Waals surface area (Å²) in [5, 5.41) is 0. The summed E-state index contributed by atoms with van der Waals surface area (Å²) >= 11 is 0. The van der Waals surface area contributed by atoms with Crippen molar-refractivity contribution in [2.45, 2.75) is 77.9 Å². The van der Waals surface area contributed by atoms with Gasteiger partial charge in [-0.1, -0.05) is 0 Å². The molecule has 0 unspecified atom stereocenters. The van der Waals surface area contributed by atoms with E-state index in [4.69, 9.17) is 14.2 Å². The smallest absolute Gasteiger partial charge is 0.412 e. The van der Waals surface area contributed by atoms with Crippen LogP contribution in [0.5, 0.6) is 0 Å². The minimum atomic E-state index is -0.896. The van der Waals surface area contributed by atoms with E-state index in [0.717, 1.165) is 12.8 Å². The Labute approximate surface area is 132 Å². The first-order valence-electron chi connectivity index (χ1n) is 7.93. The third kappa shape index (κ3) is 3.54. The SMILES string of the molecule is CCOC(=O)[C@@H]1OC(C)(C)N(C(=O)OC(C)(C)C)[C@H]1C1CC1. The van der Waals surface area contributed by atoms with Gasteiger partial charge in [0, 0.05) is 0 Å². The standard InChI is InChI=1S/C16H27NO5/c1-7-20-13(18)12-11(10-8-9-10)17(16(5,6)21-12)14(19)22-15(2,3)4/h10-12H,7-9H2,1-6H3/t11-,12+/m0/s1. The molecule has 2 aliphatic rings. The Kier molecular flexibility index (Phi) is 4.44. The molecular formula is C16H27NO5. The summed E-state index contributed by atoms with van der Waals surface area (Å²) in [5.74, 6) is -0.137. The van der Waals surface area contributed by atoms with E-state index < -0.39 is 29.5 Å². The van der Waals surface area contributed by atoms with Crippen molar-refractivity contribution < 1.29 is 23.8 Å². The second-order valence-electron chi connectivity index (χ2n) is 7.42. The molecule has 1 amide bonds. The molecule has 0 spiro atoms. The molecule has 1 heterocycles. The quantitative estimate of drug-likeness (QED) is 0.750. The van der Waals surface area contributed by atoms with Crippen molar-refractivity contribution in [3.63, 3.8) is 0 Å². The highest BCUT2D eigenvalue weighted by molar-refractivity contribution is 5.79. The van der Waals surface area contributed by atoms with E-state index in [1.54, 1.807) is 25.7 Å². The zero-order chi connectivity index (χ0) is 16.7. The Hall–Kier alpha value is -1.30. The van der Waals surface area contributed by atoms with Gasteiger partial charge in [-0.25, -0.2) is 9.59 Å². The van der Waals surface area contributed by atoms with Gasteiger partial charge < -0.3 is 14.2 Å². The monoisotopic (exact) mass is 313 g/mol. The van der Waals surface area contributed by atoms with Crippen LogP contribution in [0, 0.1) is 5.92 Å². The fourth-order valence-electron chi connectivity index (χ4n) is 2.89. The molecule has 0 bridgehead atoms. The van der Waals surface area contributed by atoms with E-state index in [1.165, 1.54) is 0 Å². The normalized spacial score (nSPS) is 27.6. The van der Waals surface area contributed by atoms with E-state index in [2.05, 4.69) is 0 Å². The summed E-state index contributed by atoms with van der Waals surface area (Å²) in [6.45, 7) is 11.1. The van der Waals surface area contributed by atoms with Crippen molar-refractivity contribution in [2.24, 2.45) is 5.92 Å². The van der Waals surface area contributed by atoms with Gasteiger partial charge in [0.15, 0.2) is 6.10 Å². The molecular weight excluding hydrogens is 286 g/mol. The van der Waals surface area contributed by atoms with Gasteiger partial charge in [0.25, 0.3) is 0 Å². The highest BCUT2D eigenvalue weighted by atomic mass is 16.6. The number of hydrogen-bond donors (Lipinski definition) is 0. The van der Waals surface area contributed by atoms with Crippen LogP contribution in [0.4, 0.5) is 4.79 Å². The summed E-state index contributed by atoms with van der Waals surface area (Å²) in [4.78, 5) is 26.4. The predicted octanol–water partition coefficient (Wildman–Crippen LogP) is 2.70. The van der Waals surface area contributed by atoms with E-state index in [1.807, 2.05) is 20.8 Å².